The molecular weight excluding hydrogens is 366 g/mol. The predicted octanol–water partition coefficient (Wildman–Crippen LogP) is 1.81. The SMILES string of the molecule is CCN(CC)S(=O)(=O)N1CCO[C@H](c2cc(-c3cncnc3)cc(C)n2)C1. The number of aromatic nitrogens is 3. The van der Waals surface area contributed by atoms with E-state index < -0.39 is 16.3 Å². The molecule has 8 nitrogen and oxygen atoms in total. The van der Waals surface area contributed by atoms with Gasteiger partial charge in [-0.1, -0.05) is 13.8 Å². The highest BCUT2D eigenvalue weighted by atomic mass is 32.2. The molecular formula is C18H25N5O3S. The van der Waals surface area contributed by atoms with Crippen LogP contribution in [-0.4, -0.2) is 64.8 Å². The normalized spacial score (nSPS) is 18.7. The Bertz CT molecular complexity index is 872. The number of ether oxygens (including phenoxy) is 1. The summed E-state index contributed by atoms with van der Waals surface area (Å²) in [5.41, 5.74) is 3.37. The van der Waals surface area contributed by atoms with Crippen LogP contribution in [0.5, 0.6) is 0 Å². The molecule has 146 valence electrons. The third-order valence-electron chi connectivity index (χ3n) is 4.58. The number of nitrogens with zero attached hydrogens (tertiary/aromatic N) is 5. The minimum Gasteiger partial charge on any atom is -0.369 e. The molecule has 1 aliphatic rings. The minimum atomic E-state index is -3.50. The summed E-state index contributed by atoms with van der Waals surface area (Å²) in [5, 5.41) is 0. The fourth-order valence-corrected chi connectivity index (χ4v) is 4.81. The molecule has 0 bridgehead atoms. The van der Waals surface area contributed by atoms with Crippen molar-refractivity contribution in [2.75, 3.05) is 32.8 Å². The summed E-state index contributed by atoms with van der Waals surface area (Å²) in [6.45, 7) is 7.42. The lowest BCUT2D eigenvalue weighted by molar-refractivity contribution is -0.00662. The zero-order chi connectivity index (χ0) is 19.4. The van der Waals surface area contributed by atoms with E-state index in [1.54, 1.807) is 12.4 Å². The van der Waals surface area contributed by atoms with Crippen molar-refractivity contribution in [2.24, 2.45) is 0 Å². The monoisotopic (exact) mass is 391 g/mol. The Morgan fingerprint density at radius 1 is 1.19 bits per heavy atom. The Kier molecular flexibility index (Phi) is 6.15. The highest BCUT2D eigenvalue weighted by molar-refractivity contribution is 7.86. The average molecular weight is 391 g/mol. The molecule has 0 unspecified atom stereocenters. The number of rotatable bonds is 6. The molecule has 0 amide bonds. The van der Waals surface area contributed by atoms with Gasteiger partial charge in [0.05, 0.1) is 12.3 Å². The Balaban J connectivity index is 1.88. The second-order valence-electron chi connectivity index (χ2n) is 6.36. The van der Waals surface area contributed by atoms with Gasteiger partial charge in [0.25, 0.3) is 10.2 Å². The van der Waals surface area contributed by atoms with Crippen LogP contribution in [0.3, 0.4) is 0 Å². The number of hydrogen-bond acceptors (Lipinski definition) is 6. The van der Waals surface area contributed by atoms with Gasteiger partial charge in [-0.25, -0.2) is 9.97 Å². The van der Waals surface area contributed by atoms with Crippen molar-refractivity contribution in [3.05, 3.63) is 42.2 Å². The van der Waals surface area contributed by atoms with Gasteiger partial charge >= 0.3 is 0 Å². The summed E-state index contributed by atoms with van der Waals surface area (Å²) in [7, 11) is -3.50. The van der Waals surface area contributed by atoms with Crippen LogP contribution in [0.4, 0.5) is 0 Å². The lowest BCUT2D eigenvalue weighted by Gasteiger charge is -2.35. The van der Waals surface area contributed by atoms with Gasteiger partial charge in [-0.2, -0.15) is 17.0 Å². The van der Waals surface area contributed by atoms with Crippen molar-refractivity contribution in [3.8, 4) is 11.1 Å². The second kappa shape index (κ2) is 8.39. The maximum absolute atomic E-state index is 12.8. The van der Waals surface area contributed by atoms with E-state index >= 15 is 0 Å². The zero-order valence-corrected chi connectivity index (χ0v) is 16.7. The van der Waals surface area contributed by atoms with Crippen LogP contribution in [0.2, 0.25) is 0 Å². The first-order valence-electron chi connectivity index (χ1n) is 9.06. The molecule has 0 aliphatic carbocycles. The van der Waals surface area contributed by atoms with E-state index in [-0.39, 0.29) is 6.54 Å². The van der Waals surface area contributed by atoms with Gasteiger partial charge in [-0.05, 0) is 24.6 Å². The average Bonchev–Trinajstić information content (AvgIpc) is 2.69. The quantitative estimate of drug-likeness (QED) is 0.746. The Hall–Kier alpha value is -1.94. The molecule has 9 heteroatoms. The van der Waals surface area contributed by atoms with Crippen LogP contribution in [-0.2, 0) is 14.9 Å². The van der Waals surface area contributed by atoms with E-state index in [1.807, 2.05) is 32.9 Å². The molecule has 27 heavy (non-hydrogen) atoms. The van der Waals surface area contributed by atoms with Crippen LogP contribution >= 0.6 is 0 Å². The molecule has 1 fully saturated rings. The summed E-state index contributed by atoms with van der Waals surface area (Å²) in [5.74, 6) is 0. The topological polar surface area (TPSA) is 88.5 Å². The van der Waals surface area contributed by atoms with Gasteiger partial charge in [0.15, 0.2) is 0 Å². The molecule has 2 aromatic rings. The Labute approximate surface area is 160 Å². The van der Waals surface area contributed by atoms with E-state index in [1.165, 1.54) is 14.9 Å². The molecule has 1 saturated heterocycles. The van der Waals surface area contributed by atoms with E-state index in [2.05, 4.69) is 15.0 Å². The van der Waals surface area contributed by atoms with E-state index in [4.69, 9.17) is 4.74 Å². The summed E-state index contributed by atoms with van der Waals surface area (Å²) in [6, 6.07) is 3.87. The van der Waals surface area contributed by atoms with Crippen molar-refractivity contribution >= 4 is 10.2 Å². The molecule has 1 atom stereocenters. The molecule has 1 aliphatic heterocycles. The molecule has 2 aromatic heterocycles. The highest BCUT2D eigenvalue weighted by Crippen LogP contribution is 2.27. The summed E-state index contributed by atoms with van der Waals surface area (Å²) < 4.78 is 34.5. The first-order chi connectivity index (χ1) is 13.0. The molecule has 3 rings (SSSR count). The van der Waals surface area contributed by atoms with Crippen molar-refractivity contribution in [3.63, 3.8) is 0 Å². The lowest BCUT2D eigenvalue weighted by Crippen LogP contribution is -2.49. The van der Waals surface area contributed by atoms with E-state index in [0.29, 0.717) is 31.9 Å². The highest BCUT2D eigenvalue weighted by Gasteiger charge is 2.34. The number of morpholine rings is 1. The molecule has 0 spiro atoms. The molecule has 0 saturated carbocycles. The molecule has 0 aromatic carbocycles. The number of pyridine rings is 1. The van der Waals surface area contributed by atoms with Crippen molar-refractivity contribution < 1.29 is 13.2 Å². The van der Waals surface area contributed by atoms with E-state index in [9.17, 15) is 8.42 Å². The summed E-state index contributed by atoms with van der Waals surface area (Å²) >= 11 is 0. The Morgan fingerprint density at radius 2 is 1.89 bits per heavy atom. The van der Waals surface area contributed by atoms with Gasteiger partial charge < -0.3 is 4.74 Å². The van der Waals surface area contributed by atoms with Crippen LogP contribution in [0.1, 0.15) is 31.3 Å². The first kappa shape index (κ1) is 19.8. The molecule has 3 heterocycles. The van der Waals surface area contributed by atoms with Gasteiger partial charge in [0.2, 0.25) is 0 Å². The molecule has 0 radical (unpaired) electrons. The van der Waals surface area contributed by atoms with Gasteiger partial charge in [0, 0.05) is 49.8 Å². The van der Waals surface area contributed by atoms with Crippen molar-refractivity contribution in [1.29, 1.82) is 0 Å². The third kappa shape index (κ3) is 4.32. The smallest absolute Gasteiger partial charge is 0.282 e. The minimum absolute atomic E-state index is 0.250. The largest absolute Gasteiger partial charge is 0.369 e. The standard InChI is InChI=1S/C18H25N5O3S/c1-4-22(5-2)27(24,25)23-6-7-26-18(12-23)17-9-15(8-14(3)21-17)16-10-19-13-20-11-16/h8-11,13,18H,4-7,12H2,1-3H3/t18-/m0/s1. The van der Waals surface area contributed by atoms with Crippen LogP contribution in [0.15, 0.2) is 30.9 Å². The summed E-state index contributed by atoms with van der Waals surface area (Å²) in [6.07, 6.45) is 4.56. The Morgan fingerprint density at radius 3 is 2.56 bits per heavy atom. The fourth-order valence-electron chi connectivity index (χ4n) is 3.20. The van der Waals surface area contributed by atoms with Crippen molar-refractivity contribution in [2.45, 2.75) is 26.9 Å². The maximum atomic E-state index is 12.8. The number of hydrogen-bond donors (Lipinski definition) is 0. The second-order valence-corrected chi connectivity index (χ2v) is 8.29. The fraction of sp³-hybridized carbons (Fsp3) is 0.500. The maximum Gasteiger partial charge on any atom is 0.282 e. The van der Waals surface area contributed by atoms with Crippen LogP contribution in [0, 0.1) is 6.92 Å². The van der Waals surface area contributed by atoms with Crippen LogP contribution < -0.4 is 0 Å². The van der Waals surface area contributed by atoms with Crippen molar-refractivity contribution in [1.82, 2.24) is 23.6 Å². The van der Waals surface area contributed by atoms with Gasteiger partial charge in [-0.3, -0.25) is 4.98 Å². The lowest BCUT2D eigenvalue weighted by atomic mass is 10.1. The predicted molar refractivity (Wildman–Crippen MR) is 102 cm³/mol. The van der Waals surface area contributed by atoms with Gasteiger partial charge in [0.1, 0.15) is 12.4 Å². The van der Waals surface area contributed by atoms with Crippen LogP contribution in [0.25, 0.3) is 11.1 Å². The first-order valence-corrected chi connectivity index (χ1v) is 10.5. The summed E-state index contributed by atoms with van der Waals surface area (Å²) in [4.78, 5) is 12.7. The third-order valence-corrected chi connectivity index (χ3v) is 6.74. The van der Waals surface area contributed by atoms with Gasteiger partial charge in [-0.15, -0.1) is 0 Å². The van der Waals surface area contributed by atoms with E-state index in [0.717, 1.165) is 16.8 Å². The molecule has 0 N–H and O–H groups in total. The number of aryl methyl sites for hydroxylation is 1. The zero-order valence-electron chi connectivity index (χ0n) is 15.9.